The number of carbonyl (C=O) groups excluding carboxylic acids is 1. The number of hydrogen-bond donors (Lipinski definition) is 2. The largest absolute Gasteiger partial charge is 0.338 e. The van der Waals surface area contributed by atoms with Gasteiger partial charge in [0.05, 0.1) is 11.3 Å². The van der Waals surface area contributed by atoms with Gasteiger partial charge in [-0.3, -0.25) is 19.8 Å². The lowest BCUT2D eigenvalue weighted by atomic mass is 10.1. The van der Waals surface area contributed by atoms with Gasteiger partial charge in [0, 0.05) is 17.4 Å². The van der Waals surface area contributed by atoms with Crippen molar-refractivity contribution in [2.75, 3.05) is 10.2 Å². The molecule has 3 rings (SSSR count). The molecule has 1 unspecified atom stereocenters. The molecule has 182 valence electrons. The number of rotatable bonds is 7. The van der Waals surface area contributed by atoms with Crippen molar-refractivity contribution in [1.29, 1.82) is 0 Å². The van der Waals surface area contributed by atoms with Gasteiger partial charge >= 0.3 is 5.69 Å². The molecule has 0 aliphatic heterocycles. The zero-order valence-corrected chi connectivity index (χ0v) is 20.9. The van der Waals surface area contributed by atoms with Crippen LogP contribution in [0.2, 0.25) is 0 Å². The van der Waals surface area contributed by atoms with Gasteiger partial charge in [-0.1, -0.05) is 83.3 Å². The predicted molar refractivity (Wildman–Crippen MR) is 141 cm³/mol. The number of benzene rings is 3. The van der Waals surface area contributed by atoms with Crippen LogP contribution in [0.3, 0.4) is 0 Å². The van der Waals surface area contributed by atoms with Crippen LogP contribution >= 0.6 is 47.0 Å². The maximum atomic E-state index is 13.7. The van der Waals surface area contributed by atoms with E-state index >= 15 is 0 Å². The fourth-order valence-electron chi connectivity index (χ4n) is 3.20. The summed E-state index contributed by atoms with van der Waals surface area (Å²) >= 11 is 24.1. The van der Waals surface area contributed by atoms with Crippen LogP contribution in [0, 0.1) is 15.9 Å². The maximum absolute atomic E-state index is 13.7. The van der Waals surface area contributed by atoms with Gasteiger partial charge in [-0.25, -0.2) is 0 Å². The lowest BCUT2D eigenvalue weighted by Gasteiger charge is -2.37. The van der Waals surface area contributed by atoms with Gasteiger partial charge in [0.2, 0.25) is 15.5 Å². The van der Waals surface area contributed by atoms with Gasteiger partial charge in [0.25, 0.3) is 0 Å². The first-order chi connectivity index (χ1) is 16.6. The second kappa shape index (κ2) is 11.6. The molecule has 0 spiro atoms. The molecule has 0 bridgehead atoms. The summed E-state index contributed by atoms with van der Waals surface area (Å²) in [5.41, 5.74) is 0.582. The van der Waals surface area contributed by atoms with Crippen molar-refractivity contribution in [2.45, 2.75) is 16.4 Å². The van der Waals surface area contributed by atoms with Crippen molar-refractivity contribution < 1.29 is 14.1 Å². The summed E-state index contributed by atoms with van der Waals surface area (Å²) in [7, 11) is 0. The first kappa shape index (κ1) is 26.6. The average molecular weight is 556 g/mol. The van der Waals surface area contributed by atoms with E-state index in [0.717, 1.165) is 17.7 Å². The summed E-state index contributed by atoms with van der Waals surface area (Å²) in [6.07, 6.45) is -1.26. The number of carbonyl (C=O) groups is 1. The highest BCUT2D eigenvalue weighted by molar-refractivity contribution is 7.80. The molecule has 12 heteroatoms. The van der Waals surface area contributed by atoms with Crippen molar-refractivity contribution in [1.82, 2.24) is 5.32 Å². The molecule has 0 radical (unpaired) electrons. The van der Waals surface area contributed by atoms with Gasteiger partial charge in [-0.05, 0) is 42.0 Å². The van der Waals surface area contributed by atoms with E-state index in [-0.39, 0.29) is 23.1 Å². The predicted octanol–water partition coefficient (Wildman–Crippen LogP) is 5.99. The molecule has 3 aromatic rings. The topological polar surface area (TPSA) is 87.5 Å². The number of halogens is 4. The minimum Gasteiger partial charge on any atom is -0.338 e. The SMILES string of the molecule is O=C(Cc1ccccc1)N(c1ccccc1)C(NC(=S)Nc1ccc(F)c([N+](=O)[O-])c1)C(Cl)(Cl)Cl. The summed E-state index contributed by atoms with van der Waals surface area (Å²) < 4.78 is 11.6. The molecular weight excluding hydrogens is 538 g/mol. The third-order valence-corrected chi connectivity index (χ3v) is 5.58. The summed E-state index contributed by atoms with van der Waals surface area (Å²) in [4.78, 5) is 24.9. The van der Waals surface area contributed by atoms with Crippen LogP contribution in [-0.4, -0.2) is 25.9 Å². The highest BCUT2D eigenvalue weighted by atomic mass is 35.6. The van der Waals surface area contributed by atoms with E-state index in [4.69, 9.17) is 47.0 Å². The van der Waals surface area contributed by atoms with Gasteiger partial charge in [-0.2, -0.15) is 4.39 Å². The number of nitro benzene ring substituents is 1. The van der Waals surface area contributed by atoms with Crippen molar-refractivity contribution in [2.24, 2.45) is 0 Å². The first-order valence-electron chi connectivity index (χ1n) is 10.1. The zero-order chi connectivity index (χ0) is 25.6. The van der Waals surface area contributed by atoms with Crippen molar-refractivity contribution >= 4 is 75.1 Å². The summed E-state index contributed by atoms with van der Waals surface area (Å²) in [5, 5.41) is 16.4. The second-order valence-corrected chi connectivity index (χ2v) is 10.0. The Hall–Kier alpha value is -2.98. The van der Waals surface area contributed by atoms with Crippen molar-refractivity contribution in [3.8, 4) is 0 Å². The van der Waals surface area contributed by atoms with Crippen molar-refractivity contribution in [3.63, 3.8) is 0 Å². The zero-order valence-electron chi connectivity index (χ0n) is 17.8. The number of thiocarbonyl (C=S) groups is 1. The van der Waals surface area contributed by atoms with Crippen molar-refractivity contribution in [3.05, 3.63) is 100 Å². The number of amides is 1. The van der Waals surface area contributed by atoms with E-state index in [9.17, 15) is 19.3 Å². The lowest BCUT2D eigenvalue weighted by Crippen LogP contribution is -2.59. The number of anilines is 2. The number of nitrogens with one attached hydrogen (secondary N) is 2. The number of nitrogens with zero attached hydrogens (tertiary/aromatic N) is 2. The number of nitro groups is 1. The first-order valence-corrected chi connectivity index (χ1v) is 11.6. The Bertz CT molecular complexity index is 1210. The van der Waals surface area contributed by atoms with E-state index in [1.54, 1.807) is 54.6 Å². The Kier molecular flexibility index (Phi) is 8.85. The Balaban J connectivity index is 1.90. The van der Waals surface area contributed by atoms with Crippen LogP contribution < -0.4 is 15.5 Å². The van der Waals surface area contributed by atoms with Crippen LogP contribution in [0.15, 0.2) is 78.9 Å². The van der Waals surface area contributed by atoms with E-state index in [2.05, 4.69) is 10.6 Å². The molecule has 0 heterocycles. The highest BCUT2D eigenvalue weighted by Crippen LogP contribution is 2.35. The molecule has 7 nitrogen and oxygen atoms in total. The third kappa shape index (κ3) is 7.25. The van der Waals surface area contributed by atoms with E-state index in [1.165, 1.54) is 11.0 Å². The van der Waals surface area contributed by atoms with Gasteiger partial charge in [0.15, 0.2) is 11.3 Å². The quantitative estimate of drug-likeness (QED) is 0.122. The Labute approximate surface area is 220 Å². The fraction of sp³-hybridized carbons (Fsp3) is 0.130. The standard InChI is InChI=1S/C23H18Cl3FN4O3S/c24-23(25,26)21(29-22(35)28-16-11-12-18(27)19(14-16)31(33)34)30(17-9-5-2-6-10-17)20(32)13-15-7-3-1-4-8-15/h1-12,14,21H,13H2,(H2,28,29,35). The molecule has 3 aromatic carbocycles. The van der Waals surface area contributed by atoms with E-state index in [1.807, 2.05) is 6.07 Å². The van der Waals surface area contributed by atoms with Crippen LogP contribution in [-0.2, 0) is 11.2 Å². The second-order valence-electron chi connectivity index (χ2n) is 7.23. The Morgan fingerprint density at radius 1 is 1.06 bits per heavy atom. The van der Waals surface area contributed by atoms with E-state index < -0.39 is 26.4 Å². The molecule has 1 atom stereocenters. The summed E-state index contributed by atoms with van der Waals surface area (Å²) in [5.74, 6) is -1.38. The van der Waals surface area contributed by atoms with Crippen LogP contribution in [0.4, 0.5) is 21.5 Å². The minimum absolute atomic E-state index is 0.0129. The molecule has 2 N–H and O–H groups in total. The van der Waals surface area contributed by atoms with Gasteiger partial charge < -0.3 is 10.6 Å². The lowest BCUT2D eigenvalue weighted by molar-refractivity contribution is -0.387. The fourth-order valence-corrected chi connectivity index (χ4v) is 3.88. The molecule has 1 amide bonds. The van der Waals surface area contributed by atoms with Crippen LogP contribution in [0.5, 0.6) is 0 Å². The summed E-state index contributed by atoms with van der Waals surface area (Å²) in [6, 6.07) is 20.8. The molecular formula is C23H18Cl3FN4O3S. The molecule has 0 saturated carbocycles. The average Bonchev–Trinajstić information content (AvgIpc) is 2.80. The molecule has 0 aliphatic rings. The molecule has 0 saturated heterocycles. The van der Waals surface area contributed by atoms with E-state index in [0.29, 0.717) is 5.69 Å². The minimum atomic E-state index is -2.05. The molecule has 35 heavy (non-hydrogen) atoms. The third-order valence-electron chi connectivity index (χ3n) is 4.74. The molecule has 0 aromatic heterocycles. The van der Waals surface area contributed by atoms with Gasteiger partial charge in [-0.15, -0.1) is 0 Å². The van der Waals surface area contributed by atoms with Crippen LogP contribution in [0.1, 0.15) is 5.56 Å². The number of alkyl halides is 3. The molecule has 0 fully saturated rings. The normalized spacial score (nSPS) is 11.9. The smallest absolute Gasteiger partial charge is 0.306 e. The summed E-state index contributed by atoms with van der Waals surface area (Å²) in [6.45, 7) is 0. The number of hydrogen-bond acceptors (Lipinski definition) is 4. The highest BCUT2D eigenvalue weighted by Gasteiger charge is 2.41. The van der Waals surface area contributed by atoms with Gasteiger partial charge in [0.1, 0.15) is 0 Å². The Morgan fingerprint density at radius 2 is 1.66 bits per heavy atom. The van der Waals surface area contributed by atoms with Crippen LogP contribution in [0.25, 0.3) is 0 Å². The number of para-hydroxylation sites is 1. The monoisotopic (exact) mass is 554 g/mol. The maximum Gasteiger partial charge on any atom is 0.306 e. The Morgan fingerprint density at radius 3 is 2.23 bits per heavy atom. The molecule has 0 aliphatic carbocycles.